The van der Waals surface area contributed by atoms with Crippen LogP contribution < -0.4 is 5.32 Å². The zero-order valence-corrected chi connectivity index (χ0v) is 11.8. The van der Waals surface area contributed by atoms with Crippen LogP contribution in [0.2, 0.25) is 0 Å². The largest absolute Gasteiger partial charge is 0.384 e. The minimum atomic E-state index is 0.202. The lowest BCUT2D eigenvalue weighted by Gasteiger charge is -2.24. The van der Waals surface area contributed by atoms with Crippen LogP contribution in [0.15, 0.2) is 18.2 Å². The Hall–Kier alpha value is -1.51. The Bertz CT molecular complexity index is 492. The Kier molecular flexibility index (Phi) is 3.21. The molecule has 0 aromatic heterocycles. The van der Waals surface area contributed by atoms with E-state index in [1.165, 1.54) is 18.4 Å². The van der Waals surface area contributed by atoms with Gasteiger partial charge < -0.3 is 10.2 Å². The van der Waals surface area contributed by atoms with Crippen molar-refractivity contribution in [1.82, 2.24) is 4.90 Å². The maximum absolute atomic E-state index is 12.7. The lowest BCUT2D eigenvalue weighted by molar-refractivity contribution is 0.0722. The second-order valence-electron chi connectivity index (χ2n) is 6.13. The molecule has 1 fully saturated rings. The quantitative estimate of drug-likeness (QED) is 0.900. The average molecular weight is 258 g/mol. The summed E-state index contributed by atoms with van der Waals surface area (Å²) in [6, 6.07) is 6.60. The van der Waals surface area contributed by atoms with Crippen LogP contribution >= 0.6 is 0 Å². The average Bonchev–Trinajstić information content (AvgIpc) is 3.12. The van der Waals surface area contributed by atoms with Gasteiger partial charge in [0.15, 0.2) is 0 Å². The maximum atomic E-state index is 12.7. The van der Waals surface area contributed by atoms with Crippen LogP contribution in [-0.4, -0.2) is 29.9 Å². The zero-order chi connectivity index (χ0) is 13.4. The first kappa shape index (κ1) is 12.5. The van der Waals surface area contributed by atoms with Crippen molar-refractivity contribution in [2.45, 2.75) is 39.2 Å². The highest BCUT2D eigenvalue weighted by atomic mass is 16.2. The lowest BCUT2D eigenvalue weighted by Crippen LogP contribution is -2.36. The number of nitrogens with one attached hydrogen (secondary N) is 1. The molecule has 0 spiro atoms. The predicted octanol–water partition coefficient (Wildman–Crippen LogP) is 2.92. The number of rotatable bonds is 4. The number of fused-ring (bicyclic) bond motifs is 1. The molecule has 1 aromatic carbocycles. The number of anilines is 1. The Morgan fingerprint density at radius 1 is 1.42 bits per heavy atom. The molecule has 19 heavy (non-hydrogen) atoms. The fourth-order valence-corrected chi connectivity index (χ4v) is 2.77. The van der Waals surface area contributed by atoms with Gasteiger partial charge in [0, 0.05) is 30.4 Å². The predicted molar refractivity (Wildman–Crippen MR) is 77.5 cm³/mol. The van der Waals surface area contributed by atoms with Gasteiger partial charge in [-0.15, -0.1) is 0 Å². The SMILES string of the molecule is CC(C)CN(C(=O)c1ccc2c(c1)NCC2)C1CC1. The van der Waals surface area contributed by atoms with E-state index in [1.807, 2.05) is 12.1 Å². The van der Waals surface area contributed by atoms with Crippen molar-refractivity contribution in [1.29, 1.82) is 0 Å². The normalized spacial score (nSPS) is 17.2. The highest BCUT2D eigenvalue weighted by Crippen LogP contribution is 2.30. The molecule has 1 saturated carbocycles. The summed E-state index contributed by atoms with van der Waals surface area (Å²) in [7, 11) is 0. The van der Waals surface area contributed by atoms with Gasteiger partial charge in [-0.05, 0) is 42.9 Å². The van der Waals surface area contributed by atoms with Crippen LogP contribution in [0.3, 0.4) is 0 Å². The molecule has 1 aliphatic carbocycles. The van der Waals surface area contributed by atoms with E-state index in [1.54, 1.807) is 0 Å². The molecular formula is C16H22N2O. The number of hydrogen-bond acceptors (Lipinski definition) is 2. The van der Waals surface area contributed by atoms with Gasteiger partial charge in [-0.3, -0.25) is 4.79 Å². The molecule has 0 atom stereocenters. The van der Waals surface area contributed by atoms with Gasteiger partial charge >= 0.3 is 0 Å². The molecule has 0 bridgehead atoms. The van der Waals surface area contributed by atoms with Gasteiger partial charge in [0.2, 0.25) is 0 Å². The fraction of sp³-hybridized carbons (Fsp3) is 0.562. The molecule has 3 nitrogen and oxygen atoms in total. The molecule has 3 rings (SSSR count). The third kappa shape index (κ3) is 2.60. The van der Waals surface area contributed by atoms with E-state index in [2.05, 4.69) is 30.1 Å². The first-order valence-electron chi connectivity index (χ1n) is 7.33. The zero-order valence-electron chi connectivity index (χ0n) is 11.8. The highest BCUT2D eigenvalue weighted by Gasteiger charge is 2.33. The third-order valence-electron chi connectivity index (χ3n) is 3.88. The molecule has 1 aliphatic heterocycles. The summed E-state index contributed by atoms with van der Waals surface area (Å²) in [6.07, 6.45) is 3.41. The number of benzene rings is 1. The van der Waals surface area contributed by atoms with E-state index in [9.17, 15) is 4.79 Å². The van der Waals surface area contributed by atoms with Crippen LogP contribution in [-0.2, 0) is 6.42 Å². The standard InChI is InChI=1S/C16H22N2O/c1-11(2)10-18(14-5-6-14)16(19)13-4-3-12-7-8-17-15(12)9-13/h3-4,9,11,14,17H,5-8,10H2,1-2H3. The summed E-state index contributed by atoms with van der Waals surface area (Å²) >= 11 is 0. The molecule has 3 heteroatoms. The van der Waals surface area contributed by atoms with Crippen molar-refractivity contribution in [3.05, 3.63) is 29.3 Å². The summed E-state index contributed by atoms with van der Waals surface area (Å²) in [6.45, 7) is 6.21. The molecule has 1 N–H and O–H groups in total. The molecule has 1 heterocycles. The van der Waals surface area contributed by atoms with E-state index in [0.29, 0.717) is 12.0 Å². The van der Waals surface area contributed by atoms with Gasteiger partial charge in [-0.2, -0.15) is 0 Å². The number of carbonyl (C=O) groups is 1. The van der Waals surface area contributed by atoms with Crippen LogP contribution in [0.4, 0.5) is 5.69 Å². The van der Waals surface area contributed by atoms with E-state index in [4.69, 9.17) is 0 Å². The van der Waals surface area contributed by atoms with Crippen LogP contribution in [0.25, 0.3) is 0 Å². The van der Waals surface area contributed by atoms with Crippen LogP contribution in [0.1, 0.15) is 42.6 Å². The van der Waals surface area contributed by atoms with Crippen molar-refractivity contribution >= 4 is 11.6 Å². The summed E-state index contributed by atoms with van der Waals surface area (Å²) < 4.78 is 0. The summed E-state index contributed by atoms with van der Waals surface area (Å²) in [5, 5.41) is 3.35. The van der Waals surface area contributed by atoms with Gasteiger partial charge in [0.25, 0.3) is 5.91 Å². The smallest absolute Gasteiger partial charge is 0.254 e. The lowest BCUT2D eigenvalue weighted by atomic mass is 10.1. The Morgan fingerprint density at radius 2 is 2.21 bits per heavy atom. The Balaban J connectivity index is 1.81. The summed E-state index contributed by atoms with van der Waals surface area (Å²) in [4.78, 5) is 14.7. The van der Waals surface area contributed by atoms with E-state index < -0.39 is 0 Å². The molecular weight excluding hydrogens is 236 g/mol. The van der Waals surface area contributed by atoms with Crippen molar-refractivity contribution in [3.8, 4) is 0 Å². The van der Waals surface area contributed by atoms with E-state index in [0.717, 1.165) is 30.8 Å². The molecule has 0 radical (unpaired) electrons. The fourth-order valence-electron chi connectivity index (χ4n) is 2.77. The van der Waals surface area contributed by atoms with Gasteiger partial charge in [0.05, 0.1) is 0 Å². The van der Waals surface area contributed by atoms with Gasteiger partial charge in [-0.1, -0.05) is 19.9 Å². The van der Waals surface area contributed by atoms with E-state index in [-0.39, 0.29) is 5.91 Å². The molecule has 0 unspecified atom stereocenters. The number of amides is 1. The van der Waals surface area contributed by atoms with Crippen molar-refractivity contribution in [2.24, 2.45) is 5.92 Å². The first-order valence-corrected chi connectivity index (χ1v) is 7.33. The molecule has 1 aromatic rings. The van der Waals surface area contributed by atoms with Crippen LogP contribution in [0, 0.1) is 5.92 Å². The topological polar surface area (TPSA) is 32.3 Å². The van der Waals surface area contributed by atoms with Gasteiger partial charge in [-0.25, -0.2) is 0 Å². The van der Waals surface area contributed by atoms with E-state index >= 15 is 0 Å². The minimum Gasteiger partial charge on any atom is -0.384 e. The number of nitrogens with zero attached hydrogens (tertiary/aromatic N) is 1. The molecule has 2 aliphatic rings. The monoisotopic (exact) mass is 258 g/mol. The maximum Gasteiger partial charge on any atom is 0.254 e. The second kappa shape index (κ2) is 4.87. The highest BCUT2D eigenvalue weighted by molar-refractivity contribution is 5.96. The molecule has 1 amide bonds. The summed E-state index contributed by atoms with van der Waals surface area (Å²) in [5.41, 5.74) is 3.31. The Morgan fingerprint density at radius 3 is 2.89 bits per heavy atom. The minimum absolute atomic E-state index is 0.202. The number of hydrogen-bond donors (Lipinski definition) is 1. The first-order chi connectivity index (χ1) is 9.15. The van der Waals surface area contributed by atoms with Crippen molar-refractivity contribution in [3.63, 3.8) is 0 Å². The second-order valence-corrected chi connectivity index (χ2v) is 6.13. The molecule has 0 saturated heterocycles. The van der Waals surface area contributed by atoms with Gasteiger partial charge in [0.1, 0.15) is 0 Å². The Labute approximate surface area is 115 Å². The van der Waals surface area contributed by atoms with Crippen molar-refractivity contribution < 1.29 is 4.79 Å². The van der Waals surface area contributed by atoms with Crippen molar-refractivity contribution in [2.75, 3.05) is 18.4 Å². The van der Waals surface area contributed by atoms with Crippen LogP contribution in [0.5, 0.6) is 0 Å². The summed E-state index contributed by atoms with van der Waals surface area (Å²) in [5.74, 6) is 0.727. The number of carbonyl (C=O) groups excluding carboxylic acids is 1. The third-order valence-corrected chi connectivity index (χ3v) is 3.88. The molecule has 102 valence electrons.